The van der Waals surface area contributed by atoms with Gasteiger partial charge < -0.3 is 0 Å². The smallest absolute Gasteiger partial charge is 0.171 e. The van der Waals surface area contributed by atoms with Crippen LogP contribution >= 0.6 is 0 Å². The topological polar surface area (TPSA) is 56.0 Å². The van der Waals surface area contributed by atoms with Gasteiger partial charge in [0, 0.05) is 30.2 Å². The first kappa shape index (κ1) is 14.7. The lowest BCUT2D eigenvalue weighted by atomic mass is 9.89. The zero-order chi connectivity index (χ0) is 15.3. The Balaban J connectivity index is 0.000000225. The van der Waals surface area contributed by atoms with Gasteiger partial charge in [0.15, 0.2) is 5.65 Å². The van der Waals surface area contributed by atoms with E-state index in [4.69, 9.17) is 6.42 Å². The van der Waals surface area contributed by atoms with Crippen LogP contribution < -0.4 is 0 Å². The molecule has 0 atom stereocenters. The minimum atomic E-state index is -0.0601. The summed E-state index contributed by atoms with van der Waals surface area (Å²) in [4.78, 5) is 11.6. The highest BCUT2D eigenvalue weighted by Gasteiger charge is 2.23. The number of rotatable bonds is 0. The summed E-state index contributed by atoms with van der Waals surface area (Å²) in [6, 6.07) is 3.62. The summed E-state index contributed by atoms with van der Waals surface area (Å²) in [5.41, 5.74) is 2.41. The fourth-order valence-corrected chi connectivity index (χ4v) is 1.80. The van der Waals surface area contributed by atoms with E-state index < -0.39 is 0 Å². The molecule has 0 aromatic carbocycles. The van der Waals surface area contributed by atoms with Gasteiger partial charge in [0.1, 0.15) is 6.33 Å². The molecular formula is C16H17N5. The minimum absolute atomic E-state index is 0.0601. The Morgan fingerprint density at radius 1 is 1.10 bits per heavy atom. The molecule has 21 heavy (non-hydrogen) atoms. The second-order valence-corrected chi connectivity index (χ2v) is 5.41. The standard InChI is InChI=1S/C12H13N3.C4H4N2/c1-5-9-10(12(2,3)4)14-15-8-6-7-13-11(9)15;1-2-5-4-6-3-1/h1,6-8H,2-4H3;1-4H. The number of aromatic nitrogens is 5. The molecular weight excluding hydrogens is 262 g/mol. The summed E-state index contributed by atoms with van der Waals surface area (Å²) in [5.74, 6) is 2.68. The minimum Gasteiger partial charge on any atom is -0.245 e. The van der Waals surface area contributed by atoms with Gasteiger partial charge in [-0.3, -0.25) is 0 Å². The van der Waals surface area contributed by atoms with Crippen LogP contribution in [-0.2, 0) is 5.41 Å². The quantitative estimate of drug-likeness (QED) is 0.593. The van der Waals surface area contributed by atoms with Crippen molar-refractivity contribution in [3.63, 3.8) is 0 Å². The van der Waals surface area contributed by atoms with E-state index in [9.17, 15) is 0 Å². The van der Waals surface area contributed by atoms with Gasteiger partial charge in [0.05, 0.1) is 11.3 Å². The van der Waals surface area contributed by atoms with E-state index in [1.165, 1.54) is 6.33 Å². The molecule has 0 N–H and O–H groups in total. The van der Waals surface area contributed by atoms with E-state index in [0.717, 1.165) is 16.9 Å². The van der Waals surface area contributed by atoms with Crippen molar-refractivity contribution >= 4 is 5.65 Å². The first-order valence-electron chi connectivity index (χ1n) is 6.54. The van der Waals surface area contributed by atoms with Crippen molar-refractivity contribution in [2.45, 2.75) is 26.2 Å². The maximum Gasteiger partial charge on any atom is 0.171 e. The lowest BCUT2D eigenvalue weighted by molar-refractivity contribution is 0.561. The van der Waals surface area contributed by atoms with Gasteiger partial charge in [-0.15, -0.1) is 6.42 Å². The Kier molecular flexibility index (Phi) is 4.29. The molecule has 0 bridgehead atoms. The lowest BCUT2D eigenvalue weighted by Gasteiger charge is -2.15. The highest BCUT2D eigenvalue weighted by molar-refractivity contribution is 5.59. The fraction of sp³-hybridized carbons (Fsp3) is 0.250. The van der Waals surface area contributed by atoms with E-state index >= 15 is 0 Å². The number of hydrogen-bond donors (Lipinski definition) is 0. The average Bonchev–Trinajstić information content (AvgIpc) is 2.88. The number of nitrogens with zero attached hydrogens (tertiary/aromatic N) is 5. The monoisotopic (exact) mass is 279 g/mol. The molecule has 0 saturated carbocycles. The molecule has 5 nitrogen and oxygen atoms in total. The van der Waals surface area contributed by atoms with Crippen molar-refractivity contribution in [1.29, 1.82) is 0 Å². The molecule has 0 fully saturated rings. The number of fused-ring (bicyclic) bond motifs is 1. The Labute approximate surface area is 124 Å². The van der Waals surface area contributed by atoms with Crippen molar-refractivity contribution in [3.05, 3.63) is 54.5 Å². The zero-order valence-electron chi connectivity index (χ0n) is 12.4. The predicted molar refractivity (Wildman–Crippen MR) is 81.7 cm³/mol. The Hall–Kier alpha value is -2.74. The first-order chi connectivity index (χ1) is 10.0. The van der Waals surface area contributed by atoms with Gasteiger partial charge in [-0.1, -0.05) is 26.7 Å². The molecule has 3 aromatic rings. The molecule has 106 valence electrons. The van der Waals surface area contributed by atoms with E-state index in [1.807, 2.05) is 12.3 Å². The summed E-state index contributed by atoms with van der Waals surface area (Å²) in [5, 5.41) is 4.47. The van der Waals surface area contributed by atoms with Crippen LogP contribution in [0.4, 0.5) is 0 Å². The molecule has 0 aliphatic heterocycles. The highest BCUT2D eigenvalue weighted by atomic mass is 15.3. The van der Waals surface area contributed by atoms with Gasteiger partial charge >= 0.3 is 0 Å². The molecule has 0 saturated heterocycles. The van der Waals surface area contributed by atoms with Crippen LogP contribution in [0.1, 0.15) is 32.0 Å². The number of terminal acetylenes is 1. The molecule has 0 aliphatic carbocycles. The molecule has 0 radical (unpaired) electrons. The molecule has 0 spiro atoms. The van der Waals surface area contributed by atoms with Crippen LogP contribution in [0.5, 0.6) is 0 Å². The van der Waals surface area contributed by atoms with Gasteiger partial charge in [-0.2, -0.15) is 5.10 Å². The van der Waals surface area contributed by atoms with Crippen molar-refractivity contribution in [2.75, 3.05) is 0 Å². The second-order valence-electron chi connectivity index (χ2n) is 5.41. The Morgan fingerprint density at radius 3 is 2.29 bits per heavy atom. The third-order valence-electron chi connectivity index (χ3n) is 2.73. The van der Waals surface area contributed by atoms with Crippen molar-refractivity contribution < 1.29 is 0 Å². The van der Waals surface area contributed by atoms with Crippen LogP contribution in [0.2, 0.25) is 0 Å². The Morgan fingerprint density at radius 2 is 1.81 bits per heavy atom. The normalized spacial score (nSPS) is 10.6. The van der Waals surface area contributed by atoms with Gasteiger partial charge in [-0.25, -0.2) is 19.5 Å². The summed E-state index contributed by atoms with van der Waals surface area (Å²) in [6.45, 7) is 6.28. The van der Waals surface area contributed by atoms with Crippen molar-refractivity contribution in [2.24, 2.45) is 0 Å². The van der Waals surface area contributed by atoms with Gasteiger partial charge in [-0.05, 0) is 12.1 Å². The van der Waals surface area contributed by atoms with Crippen molar-refractivity contribution in [3.8, 4) is 12.3 Å². The molecule has 3 aromatic heterocycles. The van der Waals surface area contributed by atoms with Crippen LogP contribution in [0.3, 0.4) is 0 Å². The SMILES string of the molecule is C#Cc1c(C(C)(C)C)nn2cccnc12.c1cncnc1. The summed E-state index contributed by atoms with van der Waals surface area (Å²) in [7, 11) is 0. The third kappa shape index (κ3) is 3.42. The van der Waals surface area contributed by atoms with Crippen molar-refractivity contribution in [1.82, 2.24) is 24.6 Å². The van der Waals surface area contributed by atoms with E-state index in [0.29, 0.717) is 0 Å². The highest BCUT2D eigenvalue weighted by Crippen LogP contribution is 2.25. The molecule has 0 aliphatic rings. The number of hydrogen-bond acceptors (Lipinski definition) is 4. The van der Waals surface area contributed by atoms with Crippen LogP contribution in [0, 0.1) is 12.3 Å². The summed E-state index contributed by atoms with van der Waals surface area (Å²) in [6.07, 6.45) is 14.0. The molecule has 3 heterocycles. The van der Waals surface area contributed by atoms with Crippen LogP contribution in [0.15, 0.2) is 43.2 Å². The lowest BCUT2D eigenvalue weighted by Crippen LogP contribution is -2.13. The predicted octanol–water partition coefficient (Wildman–Crippen LogP) is 2.48. The zero-order valence-corrected chi connectivity index (χ0v) is 12.4. The van der Waals surface area contributed by atoms with E-state index in [-0.39, 0.29) is 5.41 Å². The van der Waals surface area contributed by atoms with Gasteiger partial charge in [0.2, 0.25) is 0 Å². The van der Waals surface area contributed by atoms with E-state index in [1.54, 1.807) is 29.2 Å². The Bertz CT molecular complexity index is 721. The van der Waals surface area contributed by atoms with Crippen LogP contribution in [0.25, 0.3) is 5.65 Å². The molecule has 0 amide bonds. The van der Waals surface area contributed by atoms with E-state index in [2.05, 4.69) is 46.7 Å². The third-order valence-corrected chi connectivity index (χ3v) is 2.73. The molecule has 0 unspecified atom stereocenters. The second kappa shape index (κ2) is 6.14. The average molecular weight is 279 g/mol. The van der Waals surface area contributed by atoms with Gasteiger partial charge in [0.25, 0.3) is 0 Å². The van der Waals surface area contributed by atoms with Crippen LogP contribution in [-0.4, -0.2) is 24.6 Å². The molecule has 5 heteroatoms. The first-order valence-corrected chi connectivity index (χ1v) is 6.54. The molecule has 3 rings (SSSR count). The largest absolute Gasteiger partial charge is 0.245 e. The maximum atomic E-state index is 5.51. The summed E-state index contributed by atoms with van der Waals surface area (Å²) >= 11 is 0. The summed E-state index contributed by atoms with van der Waals surface area (Å²) < 4.78 is 1.73. The fourth-order valence-electron chi connectivity index (χ4n) is 1.80. The maximum absolute atomic E-state index is 5.51.